The molecule has 1 N–H and O–H groups in total. The summed E-state index contributed by atoms with van der Waals surface area (Å²) in [4.78, 5) is 23.6. The van der Waals surface area contributed by atoms with E-state index in [1.54, 1.807) is 17.0 Å². The van der Waals surface area contributed by atoms with Crippen molar-refractivity contribution in [3.63, 3.8) is 0 Å². The summed E-state index contributed by atoms with van der Waals surface area (Å²) in [6.07, 6.45) is 5.39. The topological polar surface area (TPSA) is 63.1 Å². The third-order valence-electron chi connectivity index (χ3n) is 4.92. The molecule has 0 aliphatic carbocycles. The van der Waals surface area contributed by atoms with Crippen molar-refractivity contribution in [1.82, 2.24) is 19.4 Å². The second kappa shape index (κ2) is 7.25. The lowest BCUT2D eigenvalue weighted by atomic mass is 10.1. The van der Waals surface area contributed by atoms with Crippen LogP contribution in [0, 0.1) is 0 Å². The maximum absolute atomic E-state index is 12.5. The number of fused-ring (bicyclic) bond motifs is 1. The zero-order valence-corrected chi connectivity index (χ0v) is 15.0. The lowest BCUT2D eigenvalue weighted by Gasteiger charge is -2.14. The monoisotopic (exact) mass is 349 g/mol. The molecule has 0 bridgehead atoms. The van der Waals surface area contributed by atoms with Crippen LogP contribution in [0.5, 0.6) is 0 Å². The third kappa shape index (κ3) is 3.60. The van der Waals surface area contributed by atoms with Gasteiger partial charge in [-0.15, -0.1) is 0 Å². The second-order valence-electron chi connectivity index (χ2n) is 6.84. The lowest BCUT2D eigenvalue weighted by molar-refractivity contribution is 0.102. The van der Waals surface area contributed by atoms with Gasteiger partial charge in [0.2, 0.25) is 0 Å². The summed E-state index contributed by atoms with van der Waals surface area (Å²) >= 11 is 0. The van der Waals surface area contributed by atoms with Crippen LogP contribution in [0.25, 0.3) is 11.2 Å². The fraction of sp³-hybridized carbons (Fsp3) is 0.350. The average molecular weight is 349 g/mol. The lowest BCUT2D eigenvalue weighted by Crippen LogP contribution is -2.21. The predicted molar refractivity (Wildman–Crippen MR) is 102 cm³/mol. The van der Waals surface area contributed by atoms with E-state index in [0.717, 1.165) is 24.2 Å². The highest BCUT2D eigenvalue weighted by Crippen LogP contribution is 2.15. The molecule has 3 heterocycles. The molecule has 1 amide bonds. The Morgan fingerprint density at radius 2 is 1.88 bits per heavy atom. The van der Waals surface area contributed by atoms with Crippen LogP contribution >= 0.6 is 0 Å². The van der Waals surface area contributed by atoms with E-state index in [-0.39, 0.29) is 5.91 Å². The van der Waals surface area contributed by atoms with Gasteiger partial charge in [-0.1, -0.05) is 12.1 Å². The van der Waals surface area contributed by atoms with Gasteiger partial charge in [0.05, 0.1) is 6.33 Å². The number of aromatic nitrogens is 3. The summed E-state index contributed by atoms with van der Waals surface area (Å²) in [6.45, 7) is 3.56. The van der Waals surface area contributed by atoms with Crippen LogP contribution < -0.4 is 5.32 Å². The summed E-state index contributed by atoms with van der Waals surface area (Å²) in [7, 11) is 1.87. The molecule has 6 nitrogen and oxygen atoms in total. The van der Waals surface area contributed by atoms with E-state index < -0.39 is 0 Å². The fourth-order valence-electron chi connectivity index (χ4n) is 3.37. The molecule has 1 saturated heterocycles. The van der Waals surface area contributed by atoms with Gasteiger partial charge in [-0.2, -0.15) is 0 Å². The van der Waals surface area contributed by atoms with E-state index in [4.69, 9.17) is 0 Å². The SMILES string of the molecule is Cn1cnc2ccc(C(=O)Nc3ccc(CCN4CCCC4)cc3)nc21. The van der Waals surface area contributed by atoms with Gasteiger partial charge in [-0.3, -0.25) is 4.79 Å². The minimum Gasteiger partial charge on any atom is -0.321 e. The molecule has 134 valence electrons. The van der Waals surface area contributed by atoms with Crippen molar-refractivity contribution in [3.8, 4) is 0 Å². The number of anilines is 1. The summed E-state index contributed by atoms with van der Waals surface area (Å²) in [5.41, 5.74) is 3.96. The summed E-state index contributed by atoms with van der Waals surface area (Å²) in [6, 6.07) is 11.6. The van der Waals surface area contributed by atoms with E-state index in [1.165, 1.54) is 31.5 Å². The molecule has 0 spiro atoms. The Hall–Kier alpha value is -2.73. The van der Waals surface area contributed by atoms with E-state index in [1.807, 2.05) is 25.2 Å². The molecule has 3 aromatic rings. The molecule has 1 aromatic carbocycles. The number of hydrogen-bond donors (Lipinski definition) is 1. The van der Waals surface area contributed by atoms with Crippen molar-refractivity contribution in [2.45, 2.75) is 19.3 Å². The number of nitrogens with zero attached hydrogens (tertiary/aromatic N) is 4. The number of carbonyl (C=O) groups is 1. The van der Waals surface area contributed by atoms with Crippen LogP contribution in [0.2, 0.25) is 0 Å². The van der Waals surface area contributed by atoms with Crippen LogP contribution in [0.3, 0.4) is 0 Å². The second-order valence-corrected chi connectivity index (χ2v) is 6.84. The number of pyridine rings is 1. The fourth-order valence-corrected chi connectivity index (χ4v) is 3.37. The highest BCUT2D eigenvalue weighted by molar-refractivity contribution is 6.03. The first kappa shape index (κ1) is 16.7. The molecule has 2 aromatic heterocycles. The molecule has 1 fully saturated rings. The smallest absolute Gasteiger partial charge is 0.274 e. The van der Waals surface area contributed by atoms with Gasteiger partial charge in [-0.05, 0) is 62.2 Å². The van der Waals surface area contributed by atoms with Crippen molar-refractivity contribution in [1.29, 1.82) is 0 Å². The average Bonchev–Trinajstić information content (AvgIpc) is 3.31. The molecule has 6 heteroatoms. The van der Waals surface area contributed by atoms with E-state index in [2.05, 4.69) is 32.3 Å². The van der Waals surface area contributed by atoms with Gasteiger partial charge < -0.3 is 14.8 Å². The minimum absolute atomic E-state index is 0.210. The van der Waals surface area contributed by atoms with Crippen LogP contribution in [-0.4, -0.2) is 45.0 Å². The van der Waals surface area contributed by atoms with Gasteiger partial charge in [0.1, 0.15) is 11.2 Å². The first-order valence-corrected chi connectivity index (χ1v) is 9.10. The molecular formula is C20H23N5O. The quantitative estimate of drug-likeness (QED) is 0.769. The molecular weight excluding hydrogens is 326 g/mol. The third-order valence-corrected chi connectivity index (χ3v) is 4.92. The van der Waals surface area contributed by atoms with Gasteiger partial charge in [0.15, 0.2) is 5.65 Å². The maximum Gasteiger partial charge on any atom is 0.274 e. The Kier molecular flexibility index (Phi) is 4.67. The van der Waals surface area contributed by atoms with Gasteiger partial charge >= 0.3 is 0 Å². The molecule has 0 saturated carbocycles. The van der Waals surface area contributed by atoms with Gasteiger partial charge in [0.25, 0.3) is 5.91 Å². The normalized spacial score (nSPS) is 14.8. The Balaban J connectivity index is 1.39. The number of carbonyl (C=O) groups excluding carboxylic acids is 1. The number of benzene rings is 1. The number of amides is 1. The molecule has 26 heavy (non-hydrogen) atoms. The van der Waals surface area contributed by atoms with Crippen molar-refractivity contribution >= 4 is 22.8 Å². The summed E-state index contributed by atoms with van der Waals surface area (Å²) in [5, 5.41) is 2.92. The van der Waals surface area contributed by atoms with Crippen LogP contribution in [-0.2, 0) is 13.5 Å². The number of rotatable bonds is 5. The Labute approximate surface area is 152 Å². The van der Waals surface area contributed by atoms with Crippen LogP contribution in [0.4, 0.5) is 5.69 Å². The molecule has 1 aliphatic heterocycles. The van der Waals surface area contributed by atoms with Crippen molar-refractivity contribution < 1.29 is 4.79 Å². The summed E-state index contributed by atoms with van der Waals surface area (Å²) in [5.74, 6) is -0.210. The van der Waals surface area contributed by atoms with Crippen molar-refractivity contribution in [2.75, 3.05) is 25.0 Å². The van der Waals surface area contributed by atoms with Crippen molar-refractivity contribution in [3.05, 3.63) is 54.0 Å². The van der Waals surface area contributed by atoms with Crippen LogP contribution in [0.15, 0.2) is 42.7 Å². The molecule has 0 unspecified atom stereocenters. The van der Waals surface area contributed by atoms with E-state index in [0.29, 0.717) is 11.3 Å². The predicted octanol–water partition coefficient (Wildman–Crippen LogP) is 2.86. The Bertz CT molecular complexity index is 910. The Morgan fingerprint density at radius 1 is 1.12 bits per heavy atom. The highest BCUT2D eigenvalue weighted by atomic mass is 16.1. The van der Waals surface area contributed by atoms with E-state index >= 15 is 0 Å². The molecule has 0 atom stereocenters. The maximum atomic E-state index is 12.5. The van der Waals surface area contributed by atoms with Crippen LogP contribution in [0.1, 0.15) is 28.9 Å². The summed E-state index contributed by atoms with van der Waals surface area (Å²) < 4.78 is 1.81. The first-order chi connectivity index (χ1) is 12.7. The highest BCUT2D eigenvalue weighted by Gasteiger charge is 2.12. The number of likely N-dealkylation sites (tertiary alicyclic amines) is 1. The number of aryl methyl sites for hydroxylation is 1. The number of imidazole rings is 1. The zero-order chi connectivity index (χ0) is 17.9. The number of nitrogens with one attached hydrogen (secondary N) is 1. The largest absolute Gasteiger partial charge is 0.321 e. The standard InChI is InChI=1S/C20H23N5O/c1-24-14-21-17-8-9-18(23-19(17)24)20(26)22-16-6-4-15(5-7-16)10-13-25-11-2-3-12-25/h4-9,14H,2-3,10-13H2,1H3,(H,22,26). The van der Waals surface area contributed by atoms with Gasteiger partial charge in [0, 0.05) is 19.3 Å². The van der Waals surface area contributed by atoms with E-state index in [9.17, 15) is 4.79 Å². The first-order valence-electron chi connectivity index (χ1n) is 9.10. The molecule has 1 aliphatic rings. The zero-order valence-electron chi connectivity index (χ0n) is 15.0. The van der Waals surface area contributed by atoms with Gasteiger partial charge in [-0.25, -0.2) is 9.97 Å². The minimum atomic E-state index is -0.210. The number of hydrogen-bond acceptors (Lipinski definition) is 4. The Morgan fingerprint density at radius 3 is 2.65 bits per heavy atom. The molecule has 4 rings (SSSR count). The molecule has 0 radical (unpaired) electrons. The van der Waals surface area contributed by atoms with Crippen molar-refractivity contribution in [2.24, 2.45) is 7.05 Å².